The van der Waals surface area contributed by atoms with Gasteiger partial charge in [-0.2, -0.15) is 0 Å². The van der Waals surface area contributed by atoms with Gasteiger partial charge in [0.15, 0.2) is 0 Å². The van der Waals surface area contributed by atoms with Gasteiger partial charge in [-0.15, -0.1) is 0 Å². The summed E-state index contributed by atoms with van der Waals surface area (Å²) in [5.41, 5.74) is 0. The van der Waals surface area contributed by atoms with Crippen LogP contribution in [0.4, 0.5) is 0 Å². The van der Waals surface area contributed by atoms with E-state index in [9.17, 15) is 0 Å². The average molecular weight is 212 g/mol. The first kappa shape index (κ1) is 13.0. The van der Waals surface area contributed by atoms with E-state index in [1.165, 1.54) is 45.1 Å². The fraction of sp³-hybridized carbons (Fsp3) is 1.00. The number of likely N-dealkylation sites (N-methyl/N-ethyl adjacent to an activating group) is 1. The van der Waals surface area contributed by atoms with Crippen LogP contribution in [0.5, 0.6) is 0 Å². The van der Waals surface area contributed by atoms with Crippen molar-refractivity contribution < 1.29 is 0 Å². The van der Waals surface area contributed by atoms with Crippen molar-refractivity contribution in [2.45, 2.75) is 51.5 Å². The smallest absolute Gasteiger partial charge is 0.0186 e. The number of rotatable bonds is 6. The Morgan fingerprint density at radius 1 is 1.20 bits per heavy atom. The summed E-state index contributed by atoms with van der Waals surface area (Å²) in [6.45, 7) is 4.61. The first-order valence-corrected chi connectivity index (χ1v) is 6.57. The summed E-state index contributed by atoms with van der Waals surface area (Å²) in [5.74, 6) is 1.01. The van der Waals surface area contributed by atoms with Gasteiger partial charge in [0, 0.05) is 12.6 Å². The van der Waals surface area contributed by atoms with Crippen LogP contribution in [0.3, 0.4) is 0 Å². The predicted molar refractivity (Wildman–Crippen MR) is 67.2 cm³/mol. The molecule has 0 saturated heterocycles. The quantitative estimate of drug-likeness (QED) is 0.681. The fourth-order valence-electron chi connectivity index (χ4n) is 2.28. The topological polar surface area (TPSA) is 15.3 Å². The summed E-state index contributed by atoms with van der Waals surface area (Å²) in [5, 5.41) is 3.57. The third-order valence-electron chi connectivity index (χ3n) is 3.78. The Morgan fingerprint density at radius 2 is 1.87 bits per heavy atom. The largest absolute Gasteiger partial charge is 0.315 e. The number of nitrogens with one attached hydrogen (secondary N) is 1. The normalized spacial score (nSPS) is 20.8. The highest BCUT2D eigenvalue weighted by atomic mass is 15.1. The molecule has 1 rings (SSSR count). The maximum absolute atomic E-state index is 3.57. The minimum Gasteiger partial charge on any atom is -0.315 e. The molecule has 1 saturated carbocycles. The third kappa shape index (κ3) is 5.53. The molecular formula is C13H28N2. The summed E-state index contributed by atoms with van der Waals surface area (Å²) in [4.78, 5) is 2.27. The fourth-order valence-corrected chi connectivity index (χ4v) is 2.28. The standard InChI is InChI=1S/C13H28N2/c1-12(15(2)3)11-14-10-9-13-7-5-4-6-8-13/h12-14H,4-11H2,1-3H3. The number of hydrogen-bond acceptors (Lipinski definition) is 2. The Labute approximate surface area is 95.4 Å². The van der Waals surface area contributed by atoms with Crippen LogP contribution in [-0.4, -0.2) is 38.1 Å². The van der Waals surface area contributed by atoms with Gasteiger partial charge < -0.3 is 10.2 Å². The van der Waals surface area contributed by atoms with E-state index in [2.05, 4.69) is 31.2 Å². The zero-order chi connectivity index (χ0) is 11.1. The summed E-state index contributed by atoms with van der Waals surface area (Å²) in [6, 6.07) is 0.649. The molecule has 0 aromatic heterocycles. The molecule has 2 heteroatoms. The third-order valence-corrected chi connectivity index (χ3v) is 3.78. The van der Waals surface area contributed by atoms with Gasteiger partial charge in [0.05, 0.1) is 0 Å². The molecule has 1 fully saturated rings. The van der Waals surface area contributed by atoms with Gasteiger partial charge in [-0.25, -0.2) is 0 Å². The Morgan fingerprint density at radius 3 is 2.47 bits per heavy atom. The van der Waals surface area contributed by atoms with Crippen molar-refractivity contribution in [3.8, 4) is 0 Å². The molecular weight excluding hydrogens is 184 g/mol. The van der Waals surface area contributed by atoms with Crippen molar-refractivity contribution in [1.82, 2.24) is 10.2 Å². The van der Waals surface area contributed by atoms with Crippen LogP contribution in [0.15, 0.2) is 0 Å². The molecule has 0 spiro atoms. The predicted octanol–water partition coefficient (Wildman–Crippen LogP) is 2.50. The van der Waals surface area contributed by atoms with Gasteiger partial charge in [0.1, 0.15) is 0 Å². The zero-order valence-corrected chi connectivity index (χ0v) is 10.8. The average Bonchev–Trinajstić information content (AvgIpc) is 2.25. The molecule has 1 aliphatic rings. The number of hydrogen-bond donors (Lipinski definition) is 1. The van der Waals surface area contributed by atoms with Crippen LogP contribution >= 0.6 is 0 Å². The Kier molecular flexibility index (Phi) is 6.26. The van der Waals surface area contributed by atoms with Gasteiger partial charge in [0.25, 0.3) is 0 Å². The second-order valence-electron chi connectivity index (χ2n) is 5.31. The van der Waals surface area contributed by atoms with Gasteiger partial charge in [-0.1, -0.05) is 32.1 Å². The van der Waals surface area contributed by atoms with E-state index >= 15 is 0 Å². The maximum atomic E-state index is 3.57. The van der Waals surface area contributed by atoms with Crippen LogP contribution in [0.2, 0.25) is 0 Å². The van der Waals surface area contributed by atoms with E-state index in [-0.39, 0.29) is 0 Å². The van der Waals surface area contributed by atoms with Crippen molar-refractivity contribution in [1.29, 1.82) is 0 Å². The summed E-state index contributed by atoms with van der Waals surface area (Å²) >= 11 is 0. The van der Waals surface area contributed by atoms with E-state index in [4.69, 9.17) is 0 Å². The highest BCUT2D eigenvalue weighted by molar-refractivity contribution is 4.68. The van der Waals surface area contributed by atoms with Crippen molar-refractivity contribution >= 4 is 0 Å². The molecule has 15 heavy (non-hydrogen) atoms. The van der Waals surface area contributed by atoms with Gasteiger partial charge in [0.2, 0.25) is 0 Å². The van der Waals surface area contributed by atoms with E-state index in [1.807, 2.05) is 0 Å². The molecule has 0 amide bonds. The minimum absolute atomic E-state index is 0.649. The van der Waals surface area contributed by atoms with Crippen molar-refractivity contribution in [3.05, 3.63) is 0 Å². The lowest BCUT2D eigenvalue weighted by Crippen LogP contribution is -2.36. The van der Waals surface area contributed by atoms with E-state index in [0.29, 0.717) is 6.04 Å². The highest BCUT2D eigenvalue weighted by Gasteiger charge is 2.12. The second-order valence-corrected chi connectivity index (χ2v) is 5.31. The Bertz CT molecular complexity index is 151. The monoisotopic (exact) mass is 212 g/mol. The van der Waals surface area contributed by atoms with Crippen LogP contribution in [0.1, 0.15) is 45.4 Å². The number of nitrogens with zero attached hydrogens (tertiary/aromatic N) is 1. The second kappa shape index (κ2) is 7.24. The summed E-state index contributed by atoms with van der Waals surface area (Å²) in [7, 11) is 4.29. The van der Waals surface area contributed by atoms with E-state index < -0.39 is 0 Å². The van der Waals surface area contributed by atoms with E-state index in [0.717, 1.165) is 12.5 Å². The molecule has 1 atom stereocenters. The molecule has 1 unspecified atom stereocenters. The molecule has 0 radical (unpaired) electrons. The summed E-state index contributed by atoms with van der Waals surface area (Å²) in [6.07, 6.45) is 8.76. The molecule has 1 N–H and O–H groups in total. The SMILES string of the molecule is CC(CNCCC1CCCCC1)N(C)C. The van der Waals surface area contributed by atoms with Crippen LogP contribution < -0.4 is 5.32 Å². The molecule has 2 nitrogen and oxygen atoms in total. The molecule has 1 aliphatic carbocycles. The van der Waals surface area contributed by atoms with Crippen molar-refractivity contribution in [3.63, 3.8) is 0 Å². The summed E-state index contributed by atoms with van der Waals surface area (Å²) < 4.78 is 0. The highest BCUT2D eigenvalue weighted by Crippen LogP contribution is 2.25. The molecule has 0 aromatic rings. The molecule has 0 aliphatic heterocycles. The van der Waals surface area contributed by atoms with Crippen molar-refractivity contribution in [2.24, 2.45) is 5.92 Å². The van der Waals surface area contributed by atoms with Gasteiger partial charge in [-0.3, -0.25) is 0 Å². The molecule has 0 aromatic carbocycles. The lowest BCUT2D eigenvalue weighted by molar-refractivity contribution is 0.292. The van der Waals surface area contributed by atoms with E-state index in [1.54, 1.807) is 0 Å². The molecule has 0 bridgehead atoms. The first-order chi connectivity index (χ1) is 7.20. The van der Waals surface area contributed by atoms with Gasteiger partial charge in [-0.05, 0) is 39.9 Å². The lowest BCUT2D eigenvalue weighted by atomic mass is 9.87. The first-order valence-electron chi connectivity index (χ1n) is 6.57. The maximum Gasteiger partial charge on any atom is 0.0186 e. The minimum atomic E-state index is 0.649. The molecule has 90 valence electrons. The molecule has 0 heterocycles. The lowest BCUT2D eigenvalue weighted by Gasteiger charge is -2.23. The van der Waals surface area contributed by atoms with Gasteiger partial charge >= 0.3 is 0 Å². The van der Waals surface area contributed by atoms with Crippen LogP contribution in [-0.2, 0) is 0 Å². The zero-order valence-electron chi connectivity index (χ0n) is 10.8. The van der Waals surface area contributed by atoms with Crippen LogP contribution in [0.25, 0.3) is 0 Å². The Balaban J connectivity index is 1.96. The van der Waals surface area contributed by atoms with Crippen molar-refractivity contribution in [2.75, 3.05) is 27.2 Å². The van der Waals surface area contributed by atoms with Crippen LogP contribution in [0, 0.1) is 5.92 Å². The Hall–Kier alpha value is -0.0800.